The van der Waals surface area contributed by atoms with Crippen molar-refractivity contribution in [1.29, 1.82) is 0 Å². The molecule has 1 saturated heterocycles. The minimum absolute atomic E-state index is 0.0473. The van der Waals surface area contributed by atoms with Gasteiger partial charge in [0.1, 0.15) is 5.69 Å². The molecule has 2 aliphatic rings. The molecule has 1 aliphatic carbocycles. The van der Waals surface area contributed by atoms with E-state index in [2.05, 4.69) is 64.6 Å². The highest BCUT2D eigenvalue weighted by Crippen LogP contribution is 2.52. The zero-order valence-electron chi connectivity index (χ0n) is 20.0. The molecular formula is C26H35N5O2. The van der Waals surface area contributed by atoms with Crippen molar-refractivity contribution in [3.8, 4) is 0 Å². The Kier molecular flexibility index (Phi) is 6.79. The minimum Gasteiger partial charge on any atom is -0.351 e. The van der Waals surface area contributed by atoms with Crippen LogP contribution in [0, 0.1) is 12.3 Å². The first-order valence-electron chi connectivity index (χ1n) is 11.9. The number of amides is 2. The Balaban J connectivity index is 1.30. The normalized spacial score (nSPS) is 25.1. The molecule has 2 heterocycles. The molecule has 0 radical (unpaired) electrons. The lowest BCUT2D eigenvalue weighted by Gasteiger charge is -2.48. The first-order chi connectivity index (χ1) is 15.9. The molecule has 1 aromatic carbocycles. The number of hydrogen-bond donors (Lipinski definition) is 1. The van der Waals surface area contributed by atoms with Gasteiger partial charge in [-0.25, -0.2) is 4.98 Å². The van der Waals surface area contributed by atoms with Crippen LogP contribution >= 0.6 is 0 Å². The molecule has 0 unspecified atom stereocenters. The second kappa shape index (κ2) is 9.59. The summed E-state index contributed by atoms with van der Waals surface area (Å²) >= 11 is 0. The minimum atomic E-state index is -0.210. The van der Waals surface area contributed by atoms with Gasteiger partial charge in [0.25, 0.3) is 5.91 Å². The summed E-state index contributed by atoms with van der Waals surface area (Å²) in [5, 5.41) is 2.91. The third-order valence-electron chi connectivity index (χ3n) is 7.70. The first kappa shape index (κ1) is 23.4. The van der Waals surface area contributed by atoms with Gasteiger partial charge in [-0.2, -0.15) is 0 Å². The van der Waals surface area contributed by atoms with E-state index in [1.807, 2.05) is 4.90 Å². The highest BCUT2D eigenvalue weighted by atomic mass is 16.2. The molecule has 1 aliphatic heterocycles. The second-order valence-electron chi connectivity index (χ2n) is 9.88. The number of rotatable bonds is 7. The summed E-state index contributed by atoms with van der Waals surface area (Å²) in [6.07, 6.45) is 8.74. The fraction of sp³-hybridized carbons (Fsp3) is 0.538. The van der Waals surface area contributed by atoms with Crippen molar-refractivity contribution < 1.29 is 9.59 Å². The molecule has 0 atom stereocenters. The number of likely N-dealkylation sites (tertiary alicyclic amines) is 1. The lowest BCUT2D eigenvalue weighted by atomic mass is 9.64. The summed E-state index contributed by atoms with van der Waals surface area (Å²) in [5.41, 5.74) is 2.49. The van der Waals surface area contributed by atoms with E-state index in [-0.39, 0.29) is 22.8 Å². The molecule has 2 aromatic rings. The highest BCUT2D eigenvalue weighted by molar-refractivity contribution is 5.93. The number of benzene rings is 1. The molecule has 7 heteroatoms. The molecule has 0 bridgehead atoms. The fourth-order valence-corrected chi connectivity index (χ4v) is 5.64. The van der Waals surface area contributed by atoms with E-state index < -0.39 is 0 Å². The molecular weight excluding hydrogens is 414 g/mol. The molecule has 33 heavy (non-hydrogen) atoms. The Hall–Kier alpha value is -2.80. The number of aryl methyl sites for hydroxylation is 1. The van der Waals surface area contributed by atoms with Crippen molar-refractivity contribution in [2.24, 2.45) is 5.41 Å². The molecule has 1 aromatic heterocycles. The third kappa shape index (κ3) is 4.78. The summed E-state index contributed by atoms with van der Waals surface area (Å²) in [6.45, 7) is 3.81. The number of carbonyl (C=O) groups excluding carboxylic acids is 2. The van der Waals surface area contributed by atoms with Crippen molar-refractivity contribution in [1.82, 2.24) is 25.1 Å². The van der Waals surface area contributed by atoms with Crippen molar-refractivity contribution in [2.75, 3.05) is 33.7 Å². The third-order valence-corrected chi connectivity index (χ3v) is 7.70. The van der Waals surface area contributed by atoms with Crippen LogP contribution in [0.15, 0.2) is 42.7 Å². The predicted octanol–water partition coefficient (Wildman–Crippen LogP) is 3.15. The van der Waals surface area contributed by atoms with Gasteiger partial charge in [0, 0.05) is 44.0 Å². The van der Waals surface area contributed by atoms with Crippen LogP contribution in [0.3, 0.4) is 0 Å². The van der Waals surface area contributed by atoms with Crippen LogP contribution in [0.5, 0.6) is 0 Å². The molecule has 4 rings (SSSR count). The number of carbonyl (C=O) groups is 2. The highest BCUT2D eigenvalue weighted by Gasteiger charge is 2.49. The van der Waals surface area contributed by atoms with E-state index >= 15 is 0 Å². The van der Waals surface area contributed by atoms with Gasteiger partial charge in [-0.1, -0.05) is 30.3 Å². The van der Waals surface area contributed by atoms with E-state index in [0.717, 1.165) is 38.6 Å². The Morgan fingerprint density at radius 3 is 2.45 bits per heavy atom. The second-order valence-corrected chi connectivity index (χ2v) is 9.88. The molecule has 2 amide bonds. The number of hydrogen-bond acceptors (Lipinski definition) is 5. The van der Waals surface area contributed by atoms with E-state index in [4.69, 9.17) is 0 Å². The molecule has 1 saturated carbocycles. The molecule has 176 valence electrons. The summed E-state index contributed by atoms with van der Waals surface area (Å²) in [5.74, 6) is 0.0428. The lowest BCUT2D eigenvalue weighted by molar-refractivity contribution is -0.127. The first-order valence-corrected chi connectivity index (χ1v) is 11.9. The van der Waals surface area contributed by atoms with E-state index in [1.54, 1.807) is 13.1 Å². The van der Waals surface area contributed by atoms with Crippen molar-refractivity contribution in [3.05, 3.63) is 59.7 Å². The molecule has 2 fully saturated rings. The maximum atomic E-state index is 12.8. The Morgan fingerprint density at radius 2 is 1.79 bits per heavy atom. The van der Waals surface area contributed by atoms with Crippen LogP contribution in [0.1, 0.15) is 60.3 Å². The summed E-state index contributed by atoms with van der Waals surface area (Å²) in [6, 6.07) is 10.8. The number of nitrogens with zero attached hydrogens (tertiary/aromatic N) is 4. The summed E-state index contributed by atoms with van der Waals surface area (Å²) in [7, 11) is 4.35. The van der Waals surface area contributed by atoms with Gasteiger partial charge in [-0.05, 0) is 64.1 Å². The number of nitrogens with one attached hydrogen (secondary N) is 1. The smallest absolute Gasteiger partial charge is 0.271 e. The van der Waals surface area contributed by atoms with Crippen LogP contribution < -0.4 is 5.32 Å². The van der Waals surface area contributed by atoms with Crippen LogP contribution in [0.25, 0.3) is 0 Å². The Labute approximate surface area is 196 Å². The maximum absolute atomic E-state index is 12.8. The zero-order chi connectivity index (χ0) is 23.5. The van der Waals surface area contributed by atoms with Gasteiger partial charge in [0.15, 0.2) is 0 Å². The lowest BCUT2D eigenvalue weighted by Crippen LogP contribution is -2.47. The van der Waals surface area contributed by atoms with Crippen molar-refractivity contribution in [2.45, 2.75) is 51.0 Å². The van der Waals surface area contributed by atoms with Crippen LogP contribution in [-0.4, -0.2) is 65.3 Å². The average molecular weight is 450 g/mol. The number of aromatic nitrogens is 2. The Bertz CT molecular complexity index is 983. The predicted molar refractivity (Wildman–Crippen MR) is 128 cm³/mol. The Morgan fingerprint density at radius 1 is 1.09 bits per heavy atom. The molecule has 1 spiro atoms. The van der Waals surface area contributed by atoms with Crippen LogP contribution in [0.2, 0.25) is 0 Å². The van der Waals surface area contributed by atoms with Gasteiger partial charge in [0.05, 0.1) is 5.69 Å². The topological polar surface area (TPSA) is 78.4 Å². The van der Waals surface area contributed by atoms with Gasteiger partial charge < -0.3 is 10.2 Å². The maximum Gasteiger partial charge on any atom is 0.271 e. The monoisotopic (exact) mass is 449 g/mol. The van der Waals surface area contributed by atoms with Crippen LogP contribution in [0.4, 0.5) is 0 Å². The van der Waals surface area contributed by atoms with Crippen molar-refractivity contribution in [3.63, 3.8) is 0 Å². The SMILES string of the molecule is Cc1nccnc1C(=O)NCCCN1C[C@]2(CC[C@](c3ccccc3)(N(C)C)CC2)CC1=O. The largest absolute Gasteiger partial charge is 0.351 e. The average Bonchev–Trinajstić information content (AvgIpc) is 3.12. The standard InChI is InChI=1S/C26H35N5O2/c1-20-23(28-16-15-27-20)24(33)29-14-7-17-31-19-25(18-22(31)32)10-12-26(13-11-25,30(2)3)21-8-5-4-6-9-21/h4-6,8-9,15-16H,7,10-14,17-19H2,1-3H3,(H,29,33)/t25-,26-. The van der Waals surface area contributed by atoms with Crippen LogP contribution in [-0.2, 0) is 10.3 Å². The summed E-state index contributed by atoms with van der Waals surface area (Å²) in [4.78, 5) is 37.7. The van der Waals surface area contributed by atoms with E-state index in [0.29, 0.717) is 30.9 Å². The summed E-state index contributed by atoms with van der Waals surface area (Å²) < 4.78 is 0. The van der Waals surface area contributed by atoms with Crippen molar-refractivity contribution >= 4 is 11.8 Å². The molecule has 7 nitrogen and oxygen atoms in total. The fourth-order valence-electron chi connectivity index (χ4n) is 5.64. The zero-order valence-corrected chi connectivity index (χ0v) is 20.0. The van der Waals surface area contributed by atoms with Gasteiger partial charge >= 0.3 is 0 Å². The van der Waals surface area contributed by atoms with E-state index in [1.165, 1.54) is 11.8 Å². The van der Waals surface area contributed by atoms with Gasteiger partial charge in [-0.15, -0.1) is 0 Å². The van der Waals surface area contributed by atoms with E-state index in [9.17, 15) is 9.59 Å². The molecule has 1 N–H and O–H groups in total. The van der Waals surface area contributed by atoms with Gasteiger partial charge in [0.2, 0.25) is 5.91 Å². The van der Waals surface area contributed by atoms with Gasteiger partial charge in [-0.3, -0.25) is 19.5 Å². The quantitative estimate of drug-likeness (QED) is 0.657.